The molecule has 1 aromatic heterocycles. The standard InChI is InChI=1S/C17H19ClN4O2/c18-14-5-3-12(4-6-14)17(24)22-9-1-2-13(11-22)16(23)21-10-15-19-7-8-20-15/h3-8,13H,1-2,9-11H2,(H,19,20)(H,21,23). The molecule has 1 atom stereocenters. The first kappa shape index (κ1) is 16.5. The molecular weight excluding hydrogens is 328 g/mol. The van der Waals surface area contributed by atoms with Crippen LogP contribution in [0.5, 0.6) is 0 Å². The number of benzene rings is 1. The molecule has 0 saturated carbocycles. The summed E-state index contributed by atoms with van der Waals surface area (Å²) in [6.45, 7) is 1.47. The maximum Gasteiger partial charge on any atom is 0.253 e. The Labute approximate surface area is 145 Å². The number of nitrogens with one attached hydrogen (secondary N) is 2. The minimum Gasteiger partial charge on any atom is -0.349 e. The van der Waals surface area contributed by atoms with E-state index in [9.17, 15) is 9.59 Å². The van der Waals surface area contributed by atoms with Crippen LogP contribution in [0.4, 0.5) is 0 Å². The van der Waals surface area contributed by atoms with E-state index in [1.807, 2.05) is 0 Å². The Morgan fingerprint density at radius 2 is 2.12 bits per heavy atom. The number of nitrogens with zero attached hydrogens (tertiary/aromatic N) is 2. The van der Waals surface area contributed by atoms with Crippen molar-refractivity contribution in [3.8, 4) is 0 Å². The fourth-order valence-electron chi connectivity index (χ4n) is 2.86. The van der Waals surface area contributed by atoms with Crippen LogP contribution in [0.2, 0.25) is 5.02 Å². The molecule has 24 heavy (non-hydrogen) atoms. The molecule has 3 rings (SSSR count). The highest BCUT2D eigenvalue weighted by atomic mass is 35.5. The van der Waals surface area contributed by atoms with E-state index in [-0.39, 0.29) is 17.7 Å². The first-order valence-electron chi connectivity index (χ1n) is 7.94. The van der Waals surface area contributed by atoms with Crippen LogP contribution >= 0.6 is 11.6 Å². The summed E-state index contributed by atoms with van der Waals surface area (Å²) >= 11 is 5.86. The molecule has 1 saturated heterocycles. The summed E-state index contributed by atoms with van der Waals surface area (Å²) in [5.41, 5.74) is 0.594. The fraction of sp³-hybridized carbons (Fsp3) is 0.353. The van der Waals surface area contributed by atoms with Crippen LogP contribution in [0, 0.1) is 5.92 Å². The van der Waals surface area contributed by atoms with Crippen LogP contribution in [0.3, 0.4) is 0 Å². The lowest BCUT2D eigenvalue weighted by atomic mass is 9.96. The van der Waals surface area contributed by atoms with Gasteiger partial charge in [-0.05, 0) is 37.1 Å². The molecule has 1 unspecified atom stereocenters. The van der Waals surface area contributed by atoms with Crippen LogP contribution in [0.15, 0.2) is 36.7 Å². The number of aromatic nitrogens is 2. The van der Waals surface area contributed by atoms with Crippen molar-refractivity contribution in [2.75, 3.05) is 13.1 Å². The van der Waals surface area contributed by atoms with E-state index in [2.05, 4.69) is 15.3 Å². The van der Waals surface area contributed by atoms with Crippen molar-refractivity contribution in [3.05, 3.63) is 53.1 Å². The Kier molecular flexibility index (Phi) is 5.15. The average Bonchev–Trinajstić information content (AvgIpc) is 3.13. The summed E-state index contributed by atoms with van der Waals surface area (Å²) in [7, 11) is 0. The van der Waals surface area contributed by atoms with Crippen molar-refractivity contribution in [1.82, 2.24) is 20.2 Å². The lowest BCUT2D eigenvalue weighted by molar-refractivity contribution is -0.126. The van der Waals surface area contributed by atoms with Crippen molar-refractivity contribution in [2.24, 2.45) is 5.92 Å². The van der Waals surface area contributed by atoms with E-state index in [1.54, 1.807) is 41.6 Å². The molecule has 2 heterocycles. The summed E-state index contributed by atoms with van der Waals surface area (Å²) in [6, 6.07) is 6.83. The quantitative estimate of drug-likeness (QED) is 0.891. The van der Waals surface area contributed by atoms with Crippen LogP contribution < -0.4 is 5.32 Å². The Balaban J connectivity index is 1.58. The number of hydrogen-bond acceptors (Lipinski definition) is 3. The second kappa shape index (κ2) is 7.49. The van der Waals surface area contributed by atoms with Gasteiger partial charge >= 0.3 is 0 Å². The number of hydrogen-bond donors (Lipinski definition) is 2. The van der Waals surface area contributed by atoms with E-state index in [0.29, 0.717) is 36.0 Å². The van der Waals surface area contributed by atoms with Gasteiger partial charge in [0.05, 0.1) is 12.5 Å². The number of likely N-dealkylation sites (tertiary alicyclic amines) is 1. The van der Waals surface area contributed by atoms with Gasteiger partial charge in [-0.2, -0.15) is 0 Å². The predicted octanol–water partition coefficient (Wildman–Crippen LogP) is 2.23. The lowest BCUT2D eigenvalue weighted by Crippen LogP contribution is -2.45. The smallest absolute Gasteiger partial charge is 0.253 e. The monoisotopic (exact) mass is 346 g/mol. The van der Waals surface area contributed by atoms with Gasteiger partial charge < -0.3 is 15.2 Å². The third kappa shape index (κ3) is 3.94. The molecule has 1 aromatic carbocycles. The number of piperidine rings is 1. The predicted molar refractivity (Wildman–Crippen MR) is 90.5 cm³/mol. The van der Waals surface area contributed by atoms with Crippen LogP contribution in [-0.4, -0.2) is 39.8 Å². The highest BCUT2D eigenvalue weighted by Gasteiger charge is 2.28. The van der Waals surface area contributed by atoms with Gasteiger partial charge in [0.25, 0.3) is 5.91 Å². The number of H-pyrrole nitrogens is 1. The maximum absolute atomic E-state index is 12.6. The Bertz CT molecular complexity index is 700. The van der Waals surface area contributed by atoms with Gasteiger partial charge in [0.1, 0.15) is 5.82 Å². The number of halogens is 1. The summed E-state index contributed by atoms with van der Waals surface area (Å²) in [4.78, 5) is 33.7. The second-order valence-electron chi connectivity index (χ2n) is 5.85. The SMILES string of the molecule is O=C(NCc1ncc[nH]1)C1CCCN(C(=O)c2ccc(Cl)cc2)C1. The zero-order chi connectivity index (χ0) is 16.9. The number of imidazole rings is 1. The van der Waals surface area contributed by atoms with E-state index >= 15 is 0 Å². The third-order valence-electron chi connectivity index (χ3n) is 4.16. The molecule has 2 amide bonds. The Morgan fingerprint density at radius 1 is 1.33 bits per heavy atom. The zero-order valence-electron chi connectivity index (χ0n) is 13.2. The summed E-state index contributed by atoms with van der Waals surface area (Å²) in [5.74, 6) is 0.424. The van der Waals surface area contributed by atoms with E-state index in [0.717, 1.165) is 12.8 Å². The molecule has 0 spiro atoms. The molecule has 1 aliphatic heterocycles. The Hall–Kier alpha value is -2.34. The van der Waals surface area contributed by atoms with Crippen LogP contribution in [0.1, 0.15) is 29.0 Å². The van der Waals surface area contributed by atoms with Gasteiger partial charge in [0.2, 0.25) is 5.91 Å². The molecule has 7 heteroatoms. The van der Waals surface area contributed by atoms with Gasteiger partial charge in [-0.25, -0.2) is 4.98 Å². The highest BCUT2D eigenvalue weighted by Crippen LogP contribution is 2.20. The topological polar surface area (TPSA) is 78.1 Å². The number of amides is 2. The van der Waals surface area contributed by atoms with Gasteiger partial charge in [-0.1, -0.05) is 11.6 Å². The van der Waals surface area contributed by atoms with Crippen molar-refractivity contribution in [2.45, 2.75) is 19.4 Å². The molecule has 6 nitrogen and oxygen atoms in total. The number of aromatic amines is 1. The number of rotatable bonds is 4. The first-order chi connectivity index (χ1) is 11.6. The maximum atomic E-state index is 12.6. The minimum absolute atomic E-state index is 0.0417. The number of carbonyl (C=O) groups excluding carboxylic acids is 2. The summed E-state index contributed by atoms with van der Waals surface area (Å²) in [6.07, 6.45) is 4.97. The highest BCUT2D eigenvalue weighted by molar-refractivity contribution is 6.30. The number of carbonyl (C=O) groups is 2. The molecule has 0 aliphatic carbocycles. The second-order valence-corrected chi connectivity index (χ2v) is 6.29. The van der Waals surface area contributed by atoms with E-state index in [4.69, 9.17) is 11.6 Å². The Morgan fingerprint density at radius 3 is 2.83 bits per heavy atom. The van der Waals surface area contributed by atoms with Crippen molar-refractivity contribution in [3.63, 3.8) is 0 Å². The molecule has 2 aromatic rings. The van der Waals surface area contributed by atoms with E-state index < -0.39 is 0 Å². The molecule has 0 radical (unpaired) electrons. The van der Waals surface area contributed by atoms with Crippen molar-refractivity contribution >= 4 is 23.4 Å². The molecule has 126 valence electrons. The molecular formula is C17H19ClN4O2. The van der Waals surface area contributed by atoms with Gasteiger partial charge in [-0.3, -0.25) is 9.59 Å². The summed E-state index contributed by atoms with van der Waals surface area (Å²) in [5, 5.41) is 3.47. The molecule has 1 fully saturated rings. The normalized spacial score (nSPS) is 17.5. The average molecular weight is 347 g/mol. The molecule has 0 bridgehead atoms. The lowest BCUT2D eigenvalue weighted by Gasteiger charge is -2.32. The minimum atomic E-state index is -0.190. The zero-order valence-corrected chi connectivity index (χ0v) is 13.9. The summed E-state index contributed by atoms with van der Waals surface area (Å²) < 4.78 is 0. The first-order valence-corrected chi connectivity index (χ1v) is 8.32. The van der Waals surface area contributed by atoms with Crippen molar-refractivity contribution in [1.29, 1.82) is 0 Å². The largest absolute Gasteiger partial charge is 0.349 e. The molecule has 2 N–H and O–H groups in total. The van der Waals surface area contributed by atoms with Gasteiger partial charge in [-0.15, -0.1) is 0 Å². The van der Waals surface area contributed by atoms with Gasteiger partial charge in [0, 0.05) is 36.1 Å². The van der Waals surface area contributed by atoms with Crippen LogP contribution in [-0.2, 0) is 11.3 Å². The molecule has 1 aliphatic rings. The van der Waals surface area contributed by atoms with E-state index in [1.165, 1.54) is 0 Å². The third-order valence-corrected chi connectivity index (χ3v) is 4.41. The van der Waals surface area contributed by atoms with Gasteiger partial charge in [0.15, 0.2) is 0 Å². The van der Waals surface area contributed by atoms with Crippen LogP contribution in [0.25, 0.3) is 0 Å². The fourth-order valence-corrected chi connectivity index (χ4v) is 2.99. The van der Waals surface area contributed by atoms with Crippen molar-refractivity contribution < 1.29 is 9.59 Å².